The number of aromatic nitrogens is 3. The van der Waals surface area contributed by atoms with E-state index in [4.69, 9.17) is 19.4 Å². The number of hydrogen-bond donors (Lipinski definition) is 0. The molecule has 1 aliphatic heterocycles. The molecule has 3 aliphatic rings. The monoisotopic (exact) mass is 441 g/mol. The van der Waals surface area contributed by atoms with Gasteiger partial charge in [0.25, 0.3) is 0 Å². The maximum absolute atomic E-state index is 6.21. The van der Waals surface area contributed by atoms with Crippen LogP contribution in [0.15, 0.2) is 54.9 Å². The maximum atomic E-state index is 6.21. The highest BCUT2D eigenvalue weighted by Gasteiger charge is 2.57. The van der Waals surface area contributed by atoms with Crippen molar-refractivity contribution in [1.29, 1.82) is 0 Å². The molecule has 2 aliphatic carbocycles. The second-order valence-electron chi connectivity index (χ2n) is 10.1. The zero-order valence-corrected chi connectivity index (χ0v) is 19.5. The van der Waals surface area contributed by atoms with Crippen molar-refractivity contribution < 1.29 is 9.47 Å². The molecule has 0 amide bonds. The Labute approximate surface area is 195 Å². The predicted molar refractivity (Wildman–Crippen MR) is 127 cm³/mol. The van der Waals surface area contributed by atoms with Gasteiger partial charge in [0.15, 0.2) is 11.6 Å². The topological polar surface area (TPSA) is 57.1 Å². The van der Waals surface area contributed by atoms with Crippen molar-refractivity contribution in [2.75, 3.05) is 13.2 Å². The molecular formula is C28H31N3O2. The molecule has 2 fully saturated rings. The van der Waals surface area contributed by atoms with Gasteiger partial charge in [-0.05, 0) is 48.4 Å². The van der Waals surface area contributed by atoms with E-state index in [0.717, 1.165) is 43.5 Å². The van der Waals surface area contributed by atoms with Crippen molar-refractivity contribution in [3.05, 3.63) is 77.4 Å². The summed E-state index contributed by atoms with van der Waals surface area (Å²) in [5.74, 6) is 1.21. The third-order valence-corrected chi connectivity index (χ3v) is 8.38. The van der Waals surface area contributed by atoms with E-state index in [2.05, 4.69) is 49.2 Å². The maximum Gasteiger partial charge on any atom is 0.171 e. The van der Waals surface area contributed by atoms with Crippen LogP contribution in [0.5, 0.6) is 0 Å². The van der Waals surface area contributed by atoms with Crippen molar-refractivity contribution in [2.45, 2.75) is 57.2 Å². The standard InChI is InChI=1S/C28H31N3O2/c1-19-23-9-8-22-24(18-20-6-4-3-5-7-20)30-26(21-10-14-29-15-11-21)31-25(22)27(23,2)12-13-28(19)32-16-17-33-28/h3-7,10-11,14-15,19,23H,8-9,12-13,16-18H2,1-2H3/t19-,23-,27-/m1/s1. The number of pyridine rings is 1. The van der Waals surface area contributed by atoms with Crippen molar-refractivity contribution in [3.8, 4) is 11.4 Å². The Morgan fingerprint density at radius 3 is 2.48 bits per heavy atom. The van der Waals surface area contributed by atoms with Crippen molar-refractivity contribution in [2.24, 2.45) is 11.8 Å². The van der Waals surface area contributed by atoms with Crippen LogP contribution in [-0.2, 0) is 27.7 Å². The van der Waals surface area contributed by atoms with Crippen LogP contribution in [0.3, 0.4) is 0 Å². The molecule has 5 heteroatoms. The molecule has 1 aromatic carbocycles. The quantitative estimate of drug-likeness (QED) is 0.564. The van der Waals surface area contributed by atoms with Gasteiger partial charge in [-0.25, -0.2) is 9.97 Å². The molecule has 0 unspecified atom stereocenters. The molecule has 0 N–H and O–H groups in total. The van der Waals surface area contributed by atoms with Gasteiger partial charge in [0, 0.05) is 42.1 Å². The zero-order chi connectivity index (χ0) is 22.5. The predicted octanol–water partition coefficient (Wildman–Crippen LogP) is 5.12. The molecule has 0 bridgehead atoms. The molecular weight excluding hydrogens is 410 g/mol. The largest absolute Gasteiger partial charge is 0.347 e. The summed E-state index contributed by atoms with van der Waals surface area (Å²) >= 11 is 0. The zero-order valence-electron chi connectivity index (χ0n) is 19.5. The molecule has 6 rings (SSSR count). The van der Waals surface area contributed by atoms with E-state index < -0.39 is 5.79 Å². The lowest BCUT2D eigenvalue weighted by molar-refractivity contribution is -0.234. The summed E-state index contributed by atoms with van der Waals surface area (Å²) in [6.07, 6.45) is 8.54. The van der Waals surface area contributed by atoms with Crippen molar-refractivity contribution in [1.82, 2.24) is 15.0 Å². The summed E-state index contributed by atoms with van der Waals surface area (Å²) < 4.78 is 12.4. The first-order valence-electron chi connectivity index (χ1n) is 12.2. The molecule has 3 heterocycles. The van der Waals surface area contributed by atoms with Crippen LogP contribution in [-0.4, -0.2) is 34.0 Å². The van der Waals surface area contributed by atoms with Gasteiger partial charge in [-0.3, -0.25) is 4.98 Å². The Balaban J connectivity index is 1.47. The van der Waals surface area contributed by atoms with Gasteiger partial charge in [-0.15, -0.1) is 0 Å². The van der Waals surface area contributed by atoms with E-state index >= 15 is 0 Å². The first-order chi connectivity index (χ1) is 16.1. The van der Waals surface area contributed by atoms with Crippen LogP contribution < -0.4 is 0 Å². The average Bonchev–Trinajstić information content (AvgIpc) is 3.33. The van der Waals surface area contributed by atoms with E-state index in [1.165, 1.54) is 22.5 Å². The molecule has 3 atom stereocenters. The molecule has 33 heavy (non-hydrogen) atoms. The van der Waals surface area contributed by atoms with Crippen LogP contribution in [0.25, 0.3) is 11.4 Å². The fourth-order valence-electron chi connectivity index (χ4n) is 6.58. The van der Waals surface area contributed by atoms with E-state index in [9.17, 15) is 0 Å². The Bertz CT molecular complexity index is 1140. The number of benzene rings is 1. The van der Waals surface area contributed by atoms with E-state index in [-0.39, 0.29) is 5.41 Å². The first-order valence-corrected chi connectivity index (χ1v) is 12.2. The lowest BCUT2D eigenvalue weighted by Gasteiger charge is -2.54. The molecule has 1 saturated heterocycles. The third-order valence-electron chi connectivity index (χ3n) is 8.38. The van der Waals surface area contributed by atoms with Gasteiger partial charge in [0.05, 0.1) is 24.6 Å². The van der Waals surface area contributed by atoms with Crippen LogP contribution in [0, 0.1) is 11.8 Å². The summed E-state index contributed by atoms with van der Waals surface area (Å²) in [6.45, 7) is 6.16. The highest BCUT2D eigenvalue weighted by Crippen LogP contribution is 2.57. The fourth-order valence-corrected chi connectivity index (χ4v) is 6.58. The Hall–Kier alpha value is -2.63. The Morgan fingerprint density at radius 2 is 1.73 bits per heavy atom. The lowest BCUT2D eigenvalue weighted by atomic mass is 9.54. The fraction of sp³-hybridized carbons (Fsp3) is 0.464. The summed E-state index contributed by atoms with van der Waals surface area (Å²) in [4.78, 5) is 14.6. The van der Waals surface area contributed by atoms with E-state index in [1.807, 2.05) is 24.5 Å². The number of fused-ring (bicyclic) bond motifs is 3. The van der Waals surface area contributed by atoms with Gasteiger partial charge < -0.3 is 9.47 Å². The molecule has 1 saturated carbocycles. The molecule has 2 aromatic heterocycles. The van der Waals surface area contributed by atoms with Crippen LogP contribution in [0.4, 0.5) is 0 Å². The molecule has 5 nitrogen and oxygen atoms in total. The summed E-state index contributed by atoms with van der Waals surface area (Å²) in [7, 11) is 0. The average molecular weight is 442 g/mol. The van der Waals surface area contributed by atoms with Crippen molar-refractivity contribution in [3.63, 3.8) is 0 Å². The minimum Gasteiger partial charge on any atom is -0.347 e. The number of hydrogen-bond acceptors (Lipinski definition) is 5. The van der Waals surface area contributed by atoms with Gasteiger partial charge in [0.1, 0.15) is 0 Å². The van der Waals surface area contributed by atoms with E-state index in [1.54, 1.807) is 0 Å². The normalized spacial score (nSPS) is 27.8. The van der Waals surface area contributed by atoms with Gasteiger partial charge >= 0.3 is 0 Å². The first kappa shape index (κ1) is 20.9. The number of nitrogens with zero attached hydrogens (tertiary/aromatic N) is 3. The highest BCUT2D eigenvalue weighted by molar-refractivity contribution is 5.56. The minimum absolute atomic E-state index is 0.0102. The second-order valence-corrected chi connectivity index (χ2v) is 10.1. The van der Waals surface area contributed by atoms with Gasteiger partial charge in [-0.2, -0.15) is 0 Å². The molecule has 1 spiro atoms. The second kappa shape index (κ2) is 8.00. The summed E-state index contributed by atoms with van der Waals surface area (Å²) in [5, 5.41) is 0. The Morgan fingerprint density at radius 1 is 0.970 bits per heavy atom. The molecule has 170 valence electrons. The summed E-state index contributed by atoms with van der Waals surface area (Å²) in [6, 6.07) is 14.7. The third kappa shape index (κ3) is 3.41. The highest BCUT2D eigenvalue weighted by atomic mass is 16.7. The lowest BCUT2D eigenvalue weighted by Crippen LogP contribution is -2.55. The van der Waals surface area contributed by atoms with Crippen LogP contribution in [0.1, 0.15) is 55.6 Å². The number of ether oxygens (including phenoxy) is 2. The van der Waals surface area contributed by atoms with Crippen LogP contribution in [0.2, 0.25) is 0 Å². The molecule has 3 aromatic rings. The Kier molecular flexibility index (Phi) is 5.07. The number of rotatable bonds is 3. The van der Waals surface area contributed by atoms with Gasteiger partial charge in [0.2, 0.25) is 0 Å². The van der Waals surface area contributed by atoms with Crippen LogP contribution >= 0.6 is 0 Å². The summed E-state index contributed by atoms with van der Waals surface area (Å²) in [5.41, 5.74) is 6.06. The van der Waals surface area contributed by atoms with Gasteiger partial charge in [-0.1, -0.05) is 44.2 Å². The SMILES string of the molecule is C[C@@H]1[C@H]2CCc3c(Cc4ccccc4)nc(-c4ccncc4)nc3[C@]2(C)CCC12OCCO2. The van der Waals surface area contributed by atoms with E-state index in [0.29, 0.717) is 25.0 Å². The minimum atomic E-state index is -0.407. The van der Waals surface area contributed by atoms with Crippen molar-refractivity contribution >= 4 is 0 Å². The molecule has 0 radical (unpaired) electrons. The smallest absolute Gasteiger partial charge is 0.171 e.